The van der Waals surface area contributed by atoms with E-state index in [2.05, 4.69) is 25.5 Å². The quantitative estimate of drug-likeness (QED) is 0.768. The number of pyridine rings is 1. The van der Waals surface area contributed by atoms with E-state index in [1.165, 1.54) is 11.9 Å². The van der Waals surface area contributed by atoms with Gasteiger partial charge in [-0.3, -0.25) is 10.1 Å². The molecule has 116 valence electrons. The van der Waals surface area contributed by atoms with E-state index in [1.807, 2.05) is 25.1 Å². The molecule has 1 aliphatic carbocycles. The number of hydrogen-bond acceptors (Lipinski definition) is 6. The summed E-state index contributed by atoms with van der Waals surface area (Å²) in [6.45, 7) is 2.03. The predicted octanol–water partition coefficient (Wildman–Crippen LogP) is 2.32. The lowest BCUT2D eigenvalue weighted by molar-refractivity contribution is 0.786. The molecule has 0 saturated heterocycles. The molecule has 7 heteroatoms. The topological polar surface area (TPSA) is 92.3 Å². The molecule has 0 fully saturated rings. The molecule has 0 amide bonds. The fourth-order valence-electron chi connectivity index (χ4n) is 2.86. The number of nitrogens with one attached hydrogen (secondary N) is 2. The van der Waals surface area contributed by atoms with E-state index < -0.39 is 0 Å². The number of hydrogen-bond donors (Lipinski definition) is 2. The monoisotopic (exact) mass is 307 g/mol. The van der Waals surface area contributed by atoms with Gasteiger partial charge in [-0.05, 0) is 38.3 Å². The summed E-state index contributed by atoms with van der Waals surface area (Å²) in [6.07, 6.45) is 6.38. The molecule has 2 N–H and O–H groups in total. The molecule has 1 atom stereocenters. The van der Waals surface area contributed by atoms with Gasteiger partial charge in [0.2, 0.25) is 0 Å². The maximum atomic E-state index is 4.72. The van der Waals surface area contributed by atoms with Gasteiger partial charge in [-0.1, -0.05) is 6.07 Å². The van der Waals surface area contributed by atoms with Crippen molar-refractivity contribution in [2.24, 2.45) is 0 Å². The number of H-pyrrole nitrogens is 1. The molecule has 3 aromatic rings. The first-order valence-electron chi connectivity index (χ1n) is 7.74. The van der Waals surface area contributed by atoms with Gasteiger partial charge in [-0.25, -0.2) is 15.0 Å². The summed E-state index contributed by atoms with van der Waals surface area (Å²) in [5.74, 6) is 2.32. The molecule has 0 aliphatic heterocycles. The summed E-state index contributed by atoms with van der Waals surface area (Å²) in [4.78, 5) is 18.0. The molecule has 23 heavy (non-hydrogen) atoms. The van der Waals surface area contributed by atoms with Gasteiger partial charge in [-0.15, -0.1) is 0 Å². The highest BCUT2D eigenvalue weighted by molar-refractivity contribution is 5.58. The number of aromatic amines is 1. The van der Waals surface area contributed by atoms with Crippen LogP contribution in [0.5, 0.6) is 0 Å². The van der Waals surface area contributed by atoms with Crippen molar-refractivity contribution in [2.75, 3.05) is 5.32 Å². The lowest BCUT2D eigenvalue weighted by Crippen LogP contribution is -2.13. The van der Waals surface area contributed by atoms with Crippen LogP contribution in [-0.4, -0.2) is 30.1 Å². The van der Waals surface area contributed by atoms with Crippen LogP contribution >= 0.6 is 0 Å². The Bertz CT molecular complexity index is 799. The number of aryl methyl sites for hydroxylation is 1. The SMILES string of the molecule is CC(Nc1nc(-c2ccccn2)nc2c1CCC2)c1ncn[nH]1. The third kappa shape index (κ3) is 2.65. The second kappa shape index (κ2) is 5.75. The third-order valence-electron chi connectivity index (χ3n) is 4.02. The third-order valence-corrected chi connectivity index (χ3v) is 4.02. The zero-order chi connectivity index (χ0) is 15.6. The van der Waals surface area contributed by atoms with Crippen LogP contribution in [0, 0.1) is 0 Å². The summed E-state index contributed by atoms with van der Waals surface area (Å²) in [6, 6.07) is 5.76. The molecule has 0 radical (unpaired) electrons. The Morgan fingerprint density at radius 2 is 2.13 bits per heavy atom. The van der Waals surface area contributed by atoms with Crippen LogP contribution in [0.4, 0.5) is 5.82 Å². The summed E-state index contributed by atoms with van der Waals surface area (Å²) in [5.41, 5.74) is 3.11. The van der Waals surface area contributed by atoms with E-state index in [4.69, 9.17) is 9.97 Å². The van der Waals surface area contributed by atoms with Crippen LogP contribution in [0.2, 0.25) is 0 Å². The molecule has 4 rings (SSSR count). The number of fused-ring (bicyclic) bond motifs is 1. The predicted molar refractivity (Wildman–Crippen MR) is 85.7 cm³/mol. The number of rotatable bonds is 4. The van der Waals surface area contributed by atoms with Crippen LogP contribution < -0.4 is 5.32 Å². The zero-order valence-corrected chi connectivity index (χ0v) is 12.8. The number of aromatic nitrogens is 6. The Hall–Kier alpha value is -2.83. The second-order valence-electron chi connectivity index (χ2n) is 5.63. The maximum Gasteiger partial charge on any atom is 0.180 e. The van der Waals surface area contributed by atoms with Crippen LogP contribution in [0.1, 0.15) is 36.5 Å². The highest BCUT2D eigenvalue weighted by Gasteiger charge is 2.22. The number of nitrogens with zero attached hydrogens (tertiary/aromatic N) is 5. The Balaban J connectivity index is 1.72. The molecule has 7 nitrogen and oxygen atoms in total. The van der Waals surface area contributed by atoms with Gasteiger partial charge in [0.25, 0.3) is 0 Å². The molecule has 0 bridgehead atoms. The average Bonchev–Trinajstić information content (AvgIpc) is 3.27. The fourth-order valence-corrected chi connectivity index (χ4v) is 2.86. The van der Waals surface area contributed by atoms with Gasteiger partial charge in [-0.2, -0.15) is 5.10 Å². The summed E-state index contributed by atoms with van der Waals surface area (Å²) < 4.78 is 0. The molecule has 3 heterocycles. The Kier molecular flexibility index (Phi) is 3.45. The van der Waals surface area contributed by atoms with Crippen molar-refractivity contribution < 1.29 is 0 Å². The van der Waals surface area contributed by atoms with E-state index in [1.54, 1.807) is 6.20 Å². The van der Waals surface area contributed by atoms with Crippen LogP contribution in [-0.2, 0) is 12.8 Å². The molecule has 1 unspecified atom stereocenters. The first-order valence-corrected chi connectivity index (χ1v) is 7.74. The maximum absolute atomic E-state index is 4.72. The van der Waals surface area contributed by atoms with E-state index in [0.29, 0.717) is 5.82 Å². The van der Waals surface area contributed by atoms with Crippen molar-refractivity contribution >= 4 is 5.82 Å². The van der Waals surface area contributed by atoms with Crippen molar-refractivity contribution in [3.63, 3.8) is 0 Å². The van der Waals surface area contributed by atoms with E-state index in [9.17, 15) is 0 Å². The second-order valence-corrected chi connectivity index (χ2v) is 5.63. The first kappa shape index (κ1) is 13.8. The largest absolute Gasteiger partial charge is 0.360 e. The minimum absolute atomic E-state index is 0.00585. The first-order chi connectivity index (χ1) is 11.3. The van der Waals surface area contributed by atoms with Crippen LogP contribution in [0.3, 0.4) is 0 Å². The Morgan fingerprint density at radius 1 is 1.17 bits per heavy atom. The minimum atomic E-state index is -0.00585. The molecule has 0 spiro atoms. The van der Waals surface area contributed by atoms with Crippen molar-refractivity contribution in [1.29, 1.82) is 0 Å². The molecule has 3 aromatic heterocycles. The highest BCUT2D eigenvalue weighted by atomic mass is 15.2. The van der Waals surface area contributed by atoms with E-state index in [0.717, 1.165) is 42.3 Å². The van der Waals surface area contributed by atoms with Gasteiger partial charge in [0.15, 0.2) is 5.82 Å². The van der Waals surface area contributed by atoms with Gasteiger partial charge >= 0.3 is 0 Å². The Labute approximate surface area is 133 Å². The highest BCUT2D eigenvalue weighted by Crippen LogP contribution is 2.30. The van der Waals surface area contributed by atoms with E-state index in [-0.39, 0.29) is 6.04 Å². The molecule has 0 saturated carbocycles. The lowest BCUT2D eigenvalue weighted by atomic mass is 10.2. The summed E-state index contributed by atoms with van der Waals surface area (Å²) in [7, 11) is 0. The van der Waals surface area contributed by atoms with Crippen molar-refractivity contribution in [2.45, 2.75) is 32.2 Å². The Morgan fingerprint density at radius 3 is 2.91 bits per heavy atom. The molecular weight excluding hydrogens is 290 g/mol. The van der Waals surface area contributed by atoms with Gasteiger partial charge in [0.05, 0.1) is 6.04 Å². The smallest absolute Gasteiger partial charge is 0.180 e. The molecule has 1 aliphatic rings. The molecular formula is C16H17N7. The van der Waals surface area contributed by atoms with E-state index >= 15 is 0 Å². The summed E-state index contributed by atoms with van der Waals surface area (Å²) >= 11 is 0. The average molecular weight is 307 g/mol. The van der Waals surface area contributed by atoms with Gasteiger partial charge in [0.1, 0.15) is 23.7 Å². The van der Waals surface area contributed by atoms with Crippen molar-refractivity contribution in [3.8, 4) is 11.5 Å². The van der Waals surface area contributed by atoms with Crippen LogP contribution in [0.15, 0.2) is 30.7 Å². The lowest BCUT2D eigenvalue weighted by Gasteiger charge is -2.16. The van der Waals surface area contributed by atoms with Crippen molar-refractivity contribution in [3.05, 3.63) is 47.8 Å². The summed E-state index contributed by atoms with van der Waals surface area (Å²) in [5, 5.41) is 10.2. The fraction of sp³-hybridized carbons (Fsp3) is 0.312. The van der Waals surface area contributed by atoms with Crippen molar-refractivity contribution in [1.82, 2.24) is 30.1 Å². The zero-order valence-electron chi connectivity index (χ0n) is 12.8. The van der Waals surface area contributed by atoms with Gasteiger partial charge in [0, 0.05) is 17.5 Å². The normalized spacial score (nSPS) is 14.5. The minimum Gasteiger partial charge on any atom is -0.360 e. The molecule has 0 aromatic carbocycles. The standard InChI is InChI=1S/C16H17N7/c1-10(14-18-9-19-23-14)20-15-11-5-4-7-12(11)21-16(22-15)13-6-2-3-8-17-13/h2-3,6,8-10H,4-5,7H2,1H3,(H,18,19,23)(H,20,21,22). The van der Waals surface area contributed by atoms with Crippen LogP contribution in [0.25, 0.3) is 11.5 Å². The number of anilines is 1. The van der Waals surface area contributed by atoms with Gasteiger partial charge < -0.3 is 5.32 Å².